The zero-order valence-corrected chi connectivity index (χ0v) is 5.40. The molecule has 0 saturated carbocycles. The topological polar surface area (TPSA) is 47.9 Å². The first-order chi connectivity index (χ1) is 4.93. The van der Waals surface area contributed by atoms with Gasteiger partial charge in [0, 0.05) is 0 Å². The number of hydrogen-bond donors (Lipinski definition) is 0. The number of ether oxygens (including phenoxy) is 1. The molecule has 0 aromatic carbocycles. The second kappa shape index (κ2) is 3.55. The Balaban J connectivity index is 2.50. The zero-order chi connectivity index (χ0) is 7.23. The van der Waals surface area contributed by atoms with Crippen molar-refractivity contribution in [3.63, 3.8) is 0 Å². The highest BCUT2D eigenvalue weighted by Gasteiger charge is 1.89. The van der Waals surface area contributed by atoms with Crippen molar-refractivity contribution in [1.82, 2.24) is 15.0 Å². The standard InChI is InChI=1S/C6H7N3O/c1-2-3-10-6-8-4-7-5-9-6/h2,4-5H,1,3H2. The van der Waals surface area contributed by atoms with Crippen LogP contribution >= 0.6 is 0 Å². The smallest absolute Gasteiger partial charge is 0.319 e. The molecule has 1 rings (SSSR count). The van der Waals surface area contributed by atoms with E-state index in [9.17, 15) is 0 Å². The molecule has 0 atom stereocenters. The molecule has 4 heteroatoms. The molecule has 0 aliphatic heterocycles. The van der Waals surface area contributed by atoms with Gasteiger partial charge in [-0.2, -0.15) is 9.97 Å². The van der Waals surface area contributed by atoms with Gasteiger partial charge in [-0.05, 0) is 0 Å². The van der Waals surface area contributed by atoms with E-state index in [0.717, 1.165) is 0 Å². The monoisotopic (exact) mass is 137 g/mol. The lowest BCUT2D eigenvalue weighted by Gasteiger charge is -1.96. The molecule has 1 aromatic heterocycles. The minimum Gasteiger partial charge on any atom is -0.459 e. The lowest BCUT2D eigenvalue weighted by Crippen LogP contribution is -1.97. The van der Waals surface area contributed by atoms with Gasteiger partial charge >= 0.3 is 6.01 Å². The molecule has 10 heavy (non-hydrogen) atoms. The first-order valence-electron chi connectivity index (χ1n) is 2.79. The molecular formula is C6H7N3O. The van der Waals surface area contributed by atoms with Crippen LogP contribution in [-0.4, -0.2) is 21.6 Å². The number of rotatable bonds is 3. The Kier molecular flexibility index (Phi) is 2.37. The molecule has 0 bridgehead atoms. The quantitative estimate of drug-likeness (QED) is 0.567. The Hall–Kier alpha value is -1.45. The van der Waals surface area contributed by atoms with Crippen molar-refractivity contribution in [2.24, 2.45) is 0 Å². The van der Waals surface area contributed by atoms with E-state index in [1.807, 2.05) is 0 Å². The third kappa shape index (κ3) is 1.81. The maximum Gasteiger partial charge on any atom is 0.319 e. The van der Waals surface area contributed by atoms with Crippen LogP contribution in [0.3, 0.4) is 0 Å². The summed E-state index contributed by atoms with van der Waals surface area (Å²) in [7, 11) is 0. The molecule has 0 aliphatic carbocycles. The second-order valence-electron chi connectivity index (χ2n) is 1.52. The van der Waals surface area contributed by atoms with Gasteiger partial charge in [0.2, 0.25) is 0 Å². The van der Waals surface area contributed by atoms with Crippen molar-refractivity contribution >= 4 is 0 Å². The molecule has 0 amide bonds. The Morgan fingerprint density at radius 3 is 2.80 bits per heavy atom. The molecule has 52 valence electrons. The van der Waals surface area contributed by atoms with Crippen LogP contribution < -0.4 is 4.74 Å². The molecule has 1 heterocycles. The summed E-state index contributed by atoms with van der Waals surface area (Å²) < 4.78 is 4.97. The van der Waals surface area contributed by atoms with Crippen molar-refractivity contribution in [3.8, 4) is 6.01 Å². The fraction of sp³-hybridized carbons (Fsp3) is 0.167. The summed E-state index contributed by atoms with van der Waals surface area (Å²) in [6.07, 6.45) is 4.39. The normalized spacial score (nSPS) is 8.80. The fourth-order valence-corrected chi connectivity index (χ4v) is 0.437. The summed E-state index contributed by atoms with van der Waals surface area (Å²) in [5, 5.41) is 0. The highest BCUT2D eigenvalue weighted by Crippen LogP contribution is 1.94. The van der Waals surface area contributed by atoms with Crippen molar-refractivity contribution in [1.29, 1.82) is 0 Å². The summed E-state index contributed by atoms with van der Waals surface area (Å²) >= 11 is 0. The SMILES string of the molecule is C=CCOc1ncncn1. The zero-order valence-electron chi connectivity index (χ0n) is 5.40. The second-order valence-corrected chi connectivity index (χ2v) is 1.52. The molecule has 0 N–H and O–H groups in total. The number of aromatic nitrogens is 3. The molecule has 0 spiro atoms. The van der Waals surface area contributed by atoms with Gasteiger partial charge in [0.25, 0.3) is 0 Å². The van der Waals surface area contributed by atoms with Crippen LogP contribution in [0.4, 0.5) is 0 Å². The van der Waals surface area contributed by atoms with Crippen LogP contribution in [-0.2, 0) is 0 Å². The third-order valence-electron chi connectivity index (χ3n) is 0.800. The Morgan fingerprint density at radius 1 is 1.50 bits per heavy atom. The molecule has 0 aliphatic rings. The van der Waals surface area contributed by atoms with Crippen molar-refractivity contribution in [3.05, 3.63) is 25.3 Å². The van der Waals surface area contributed by atoms with Crippen molar-refractivity contribution < 1.29 is 4.74 Å². The predicted octanol–water partition coefficient (Wildman–Crippen LogP) is 0.436. The average molecular weight is 137 g/mol. The first kappa shape index (κ1) is 6.67. The number of nitrogens with zero attached hydrogens (tertiary/aromatic N) is 3. The Morgan fingerprint density at radius 2 is 2.20 bits per heavy atom. The van der Waals surface area contributed by atoms with Crippen LogP contribution in [0.1, 0.15) is 0 Å². The van der Waals surface area contributed by atoms with E-state index in [4.69, 9.17) is 4.74 Å². The van der Waals surface area contributed by atoms with Gasteiger partial charge in [0.1, 0.15) is 19.3 Å². The van der Waals surface area contributed by atoms with Gasteiger partial charge in [-0.1, -0.05) is 12.7 Å². The average Bonchev–Trinajstić information content (AvgIpc) is 2.03. The largest absolute Gasteiger partial charge is 0.459 e. The summed E-state index contributed by atoms with van der Waals surface area (Å²) in [4.78, 5) is 11.1. The minimum atomic E-state index is 0.329. The van der Waals surface area contributed by atoms with Crippen LogP contribution in [0.2, 0.25) is 0 Å². The van der Waals surface area contributed by atoms with Gasteiger partial charge in [0.15, 0.2) is 0 Å². The van der Waals surface area contributed by atoms with E-state index < -0.39 is 0 Å². The number of hydrogen-bond acceptors (Lipinski definition) is 4. The summed E-state index contributed by atoms with van der Waals surface area (Å²) in [5.41, 5.74) is 0. The molecule has 0 unspecified atom stereocenters. The van der Waals surface area contributed by atoms with Crippen molar-refractivity contribution in [2.75, 3.05) is 6.61 Å². The maximum atomic E-state index is 4.97. The van der Waals surface area contributed by atoms with Crippen LogP contribution in [0.25, 0.3) is 0 Å². The molecule has 4 nitrogen and oxygen atoms in total. The summed E-state index contributed by atoms with van der Waals surface area (Å²) in [6.45, 7) is 3.90. The third-order valence-corrected chi connectivity index (χ3v) is 0.800. The van der Waals surface area contributed by atoms with E-state index in [0.29, 0.717) is 12.6 Å². The van der Waals surface area contributed by atoms with Crippen molar-refractivity contribution in [2.45, 2.75) is 0 Å². The van der Waals surface area contributed by atoms with Crippen LogP contribution in [0, 0.1) is 0 Å². The fourth-order valence-electron chi connectivity index (χ4n) is 0.437. The maximum absolute atomic E-state index is 4.97. The van der Waals surface area contributed by atoms with Gasteiger partial charge in [-0.3, -0.25) is 0 Å². The van der Waals surface area contributed by atoms with Gasteiger partial charge in [-0.25, -0.2) is 4.98 Å². The molecule has 0 saturated heterocycles. The highest BCUT2D eigenvalue weighted by molar-refractivity contribution is 4.88. The molecule has 0 fully saturated rings. The lowest BCUT2D eigenvalue weighted by molar-refractivity contribution is 0.331. The van der Waals surface area contributed by atoms with E-state index in [1.165, 1.54) is 12.7 Å². The predicted molar refractivity (Wildman–Crippen MR) is 35.5 cm³/mol. The van der Waals surface area contributed by atoms with E-state index in [1.54, 1.807) is 6.08 Å². The van der Waals surface area contributed by atoms with E-state index in [2.05, 4.69) is 21.5 Å². The highest BCUT2D eigenvalue weighted by atomic mass is 16.5. The summed E-state index contributed by atoms with van der Waals surface area (Å²) in [6, 6.07) is 0.329. The minimum absolute atomic E-state index is 0.329. The molecule has 0 radical (unpaired) electrons. The molecular weight excluding hydrogens is 130 g/mol. The van der Waals surface area contributed by atoms with Crippen LogP contribution in [0.15, 0.2) is 25.3 Å². The molecule has 1 aromatic rings. The lowest BCUT2D eigenvalue weighted by atomic mass is 10.7. The van der Waals surface area contributed by atoms with Crippen LogP contribution in [0.5, 0.6) is 6.01 Å². The van der Waals surface area contributed by atoms with E-state index in [-0.39, 0.29) is 0 Å². The van der Waals surface area contributed by atoms with Gasteiger partial charge in [0.05, 0.1) is 0 Å². The van der Waals surface area contributed by atoms with E-state index >= 15 is 0 Å². The summed E-state index contributed by atoms with van der Waals surface area (Å²) in [5.74, 6) is 0. The first-order valence-corrected chi connectivity index (χ1v) is 2.79. The van der Waals surface area contributed by atoms with Gasteiger partial charge in [-0.15, -0.1) is 0 Å². The Labute approximate surface area is 58.6 Å². The van der Waals surface area contributed by atoms with Gasteiger partial charge < -0.3 is 4.74 Å². The Bertz CT molecular complexity index is 199.